The summed E-state index contributed by atoms with van der Waals surface area (Å²) in [4.78, 5) is 53.7. The Labute approximate surface area is 197 Å². The molecule has 172 valence electrons. The molecule has 1 aliphatic heterocycles. The fourth-order valence-corrected chi connectivity index (χ4v) is 4.02. The second-order valence-electron chi connectivity index (χ2n) is 8.14. The molecule has 4 rings (SSSR count). The second kappa shape index (κ2) is 9.31. The van der Waals surface area contributed by atoms with Crippen LogP contribution in [0.3, 0.4) is 0 Å². The number of likely N-dealkylation sites (N-methyl/N-ethyl adjacent to an activating group) is 1. The first kappa shape index (κ1) is 22.9. The number of benzene rings is 3. The van der Waals surface area contributed by atoms with Gasteiger partial charge in [-0.2, -0.15) is 0 Å². The number of imide groups is 1. The van der Waals surface area contributed by atoms with Crippen LogP contribution in [0.4, 0.5) is 5.69 Å². The number of hydrogen-bond acceptors (Lipinski definition) is 5. The minimum Gasteiger partial charge on any atom is -0.452 e. The average Bonchev–Trinajstić information content (AvgIpc) is 2.84. The summed E-state index contributed by atoms with van der Waals surface area (Å²) in [5.41, 5.74) is 2.28. The van der Waals surface area contributed by atoms with E-state index in [4.69, 9.17) is 4.74 Å². The maximum atomic E-state index is 13.1. The summed E-state index contributed by atoms with van der Waals surface area (Å²) in [6, 6.07) is 16.7. The van der Waals surface area contributed by atoms with Crippen molar-refractivity contribution in [3.05, 3.63) is 89.5 Å². The van der Waals surface area contributed by atoms with E-state index in [1.807, 2.05) is 26.0 Å². The lowest BCUT2D eigenvalue weighted by atomic mass is 9.94. The zero-order valence-electron chi connectivity index (χ0n) is 19.0. The number of carbonyl (C=O) groups excluding carboxylic acids is 4. The Hall–Kier alpha value is -4.26. The molecular weight excluding hydrogens is 432 g/mol. The Kier molecular flexibility index (Phi) is 6.27. The lowest BCUT2D eigenvalue weighted by Crippen LogP contribution is -2.40. The normalized spacial score (nSPS) is 12.6. The predicted octanol–water partition coefficient (Wildman–Crippen LogP) is 4.22. The van der Waals surface area contributed by atoms with E-state index in [0.717, 1.165) is 15.9 Å². The number of nitrogens with zero attached hydrogens (tertiary/aromatic N) is 2. The summed E-state index contributed by atoms with van der Waals surface area (Å²) in [5, 5.41) is 1.47. The first-order valence-electron chi connectivity index (χ1n) is 10.9. The Morgan fingerprint density at radius 2 is 1.53 bits per heavy atom. The third-order valence-electron chi connectivity index (χ3n) is 5.65. The van der Waals surface area contributed by atoms with Gasteiger partial charge in [0.2, 0.25) is 0 Å². The molecular formula is C27H24N2O5. The fourth-order valence-electron chi connectivity index (χ4n) is 4.02. The van der Waals surface area contributed by atoms with Gasteiger partial charge in [-0.3, -0.25) is 14.4 Å². The van der Waals surface area contributed by atoms with Crippen LogP contribution in [-0.4, -0.2) is 48.3 Å². The summed E-state index contributed by atoms with van der Waals surface area (Å²) < 4.78 is 5.16. The summed E-state index contributed by atoms with van der Waals surface area (Å²) in [6.45, 7) is 7.95. The van der Waals surface area contributed by atoms with E-state index in [1.165, 1.54) is 24.3 Å². The van der Waals surface area contributed by atoms with Gasteiger partial charge in [-0.1, -0.05) is 36.4 Å². The molecule has 0 saturated heterocycles. The van der Waals surface area contributed by atoms with Crippen molar-refractivity contribution in [1.29, 1.82) is 0 Å². The van der Waals surface area contributed by atoms with Gasteiger partial charge in [0, 0.05) is 29.6 Å². The van der Waals surface area contributed by atoms with Crippen LogP contribution in [0.25, 0.3) is 10.8 Å². The molecule has 0 saturated carbocycles. The van der Waals surface area contributed by atoms with Gasteiger partial charge >= 0.3 is 5.97 Å². The highest BCUT2D eigenvalue weighted by Crippen LogP contribution is 2.32. The molecule has 0 aliphatic carbocycles. The van der Waals surface area contributed by atoms with Crippen molar-refractivity contribution < 1.29 is 23.9 Å². The molecule has 0 spiro atoms. The van der Waals surface area contributed by atoms with Gasteiger partial charge in [0.15, 0.2) is 6.61 Å². The average molecular weight is 456 g/mol. The van der Waals surface area contributed by atoms with E-state index < -0.39 is 17.8 Å². The van der Waals surface area contributed by atoms with E-state index in [9.17, 15) is 19.2 Å². The molecule has 7 heteroatoms. The van der Waals surface area contributed by atoms with Gasteiger partial charge in [0.1, 0.15) is 0 Å². The monoisotopic (exact) mass is 456 g/mol. The second-order valence-corrected chi connectivity index (χ2v) is 8.14. The molecule has 1 aliphatic rings. The maximum Gasteiger partial charge on any atom is 0.338 e. The number of amides is 3. The number of anilines is 1. The number of esters is 1. The summed E-state index contributed by atoms with van der Waals surface area (Å²) in [7, 11) is 0. The number of rotatable bonds is 7. The molecule has 0 atom stereocenters. The lowest BCUT2D eigenvalue weighted by Gasteiger charge is -2.27. The van der Waals surface area contributed by atoms with Crippen LogP contribution in [-0.2, 0) is 9.53 Å². The lowest BCUT2D eigenvalue weighted by molar-refractivity contribution is -0.133. The molecule has 0 N–H and O–H groups in total. The molecule has 3 amide bonds. The van der Waals surface area contributed by atoms with Crippen molar-refractivity contribution in [2.75, 3.05) is 24.6 Å². The quantitative estimate of drug-likeness (QED) is 0.302. The molecule has 7 nitrogen and oxygen atoms in total. The zero-order chi connectivity index (χ0) is 24.4. The van der Waals surface area contributed by atoms with Gasteiger partial charge < -0.3 is 9.64 Å². The van der Waals surface area contributed by atoms with Crippen molar-refractivity contribution >= 4 is 40.2 Å². The van der Waals surface area contributed by atoms with Crippen LogP contribution in [0.1, 0.15) is 44.9 Å². The third kappa shape index (κ3) is 4.20. The standard InChI is InChI=1S/C27H24N2O5/c1-4-28(15-17(2)3)23(30)16-34-27(33)19-11-13-20(14-12-19)29-25(31)21-9-5-7-18-8-6-10-22(24(18)21)26(29)32/h5-14H,2,4,15-16H2,1,3H3. The van der Waals surface area contributed by atoms with Crippen molar-refractivity contribution in [1.82, 2.24) is 4.90 Å². The Morgan fingerprint density at radius 1 is 0.941 bits per heavy atom. The minimum absolute atomic E-state index is 0.207. The van der Waals surface area contributed by atoms with Crippen LogP contribution >= 0.6 is 0 Å². The largest absolute Gasteiger partial charge is 0.452 e. The molecule has 3 aromatic rings. The fraction of sp³-hybridized carbons (Fsp3) is 0.185. The highest BCUT2D eigenvalue weighted by molar-refractivity contribution is 6.35. The smallest absolute Gasteiger partial charge is 0.338 e. The van der Waals surface area contributed by atoms with E-state index in [1.54, 1.807) is 29.2 Å². The SMILES string of the molecule is C=C(C)CN(CC)C(=O)COC(=O)c1ccc(N2C(=O)c3cccc4cccc(c34)C2=O)cc1. The van der Waals surface area contributed by atoms with Crippen molar-refractivity contribution in [3.63, 3.8) is 0 Å². The zero-order valence-corrected chi connectivity index (χ0v) is 19.0. The first-order valence-corrected chi connectivity index (χ1v) is 10.9. The van der Waals surface area contributed by atoms with Gasteiger partial charge in [0.05, 0.1) is 11.3 Å². The van der Waals surface area contributed by atoms with Gasteiger partial charge in [-0.15, -0.1) is 0 Å². The molecule has 0 unspecified atom stereocenters. The first-order chi connectivity index (χ1) is 16.3. The molecule has 0 fully saturated rings. The third-order valence-corrected chi connectivity index (χ3v) is 5.65. The molecule has 0 bridgehead atoms. The van der Waals surface area contributed by atoms with Crippen LogP contribution in [0, 0.1) is 0 Å². The number of ether oxygens (including phenoxy) is 1. The highest BCUT2D eigenvalue weighted by Gasteiger charge is 2.33. The predicted molar refractivity (Wildman–Crippen MR) is 129 cm³/mol. The van der Waals surface area contributed by atoms with Crippen molar-refractivity contribution in [2.24, 2.45) is 0 Å². The number of hydrogen-bond donors (Lipinski definition) is 0. The summed E-state index contributed by atoms with van der Waals surface area (Å²) in [6.07, 6.45) is 0. The Balaban J connectivity index is 1.50. The van der Waals surface area contributed by atoms with Crippen LogP contribution in [0.5, 0.6) is 0 Å². The Bertz CT molecular complexity index is 1280. The van der Waals surface area contributed by atoms with E-state index in [2.05, 4.69) is 6.58 Å². The highest BCUT2D eigenvalue weighted by atomic mass is 16.5. The molecule has 1 heterocycles. The summed E-state index contributed by atoms with van der Waals surface area (Å²) in [5.74, 6) is -1.83. The van der Waals surface area contributed by atoms with E-state index >= 15 is 0 Å². The topological polar surface area (TPSA) is 84.0 Å². The van der Waals surface area contributed by atoms with E-state index in [-0.39, 0.29) is 18.1 Å². The summed E-state index contributed by atoms with van der Waals surface area (Å²) >= 11 is 0. The van der Waals surface area contributed by atoms with Crippen LogP contribution in [0.2, 0.25) is 0 Å². The van der Waals surface area contributed by atoms with Crippen LogP contribution < -0.4 is 4.90 Å². The van der Waals surface area contributed by atoms with Gasteiger partial charge in [0.25, 0.3) is 17.7 Å². The molecule has 0 radical (unpaired) electrons. The maximum absolute atomic E-state index is 13.1. The van der Waals surface area contributed by atoms with Crippen LogP contribution in [0.15, 0.2) is 72.8 Å². The van der Waals surface area contributed by atoms with Crippen molar-refractivity contribution in [2.45, 2.75) is 13.8 Å². The Morgan fingerprint density at radius 3 is 2.06 bits per heavy atom. The van der Waals surface area contributed by atoms with Gasteiger partial charge in [-0.25, -0.2) is 9.69 Å². The van der Waals surface area contributed by atoms with E-state index in [0.29, 0.717) is 35.3 Å². The molecule has 0 aromatic heterocycles. The molecule has 3 aromatic carbocycles. The van der Waals surface area contributed by atoms with Gasteiger partial charge in [-0.05, 0) is 55.6 Å². The minimum atomic E-state index is -0.669. The van der Waals surface area contributed by atoms with Crippen molar-refractivity contribution in [3.8, 4) is 0 Å². The number of carbonyl (C=O) groups is 4. The molecule has 34 heavy (non-hydrogen) atoms.